The molecule has 0 saturated carbocycles. The molecular formula is C21H18O5. The number of Topliss-reactive ketones (excluding diaryl/α,β-unsaturated/α-hetero) is 2. The summed E-state index contributed by atoms with van der Waals surface area (Å²) in [6.45, 7) is 1.35. The van der Waals surface area contributed by atoms with E-state index in [9.17, 15) is 14.4 Å². The quantitative estimate of drug-likeness (QED) is 0.626. The van der Waals surface area contributed by atoms with Crippen molar-refractivity contribution >= 4 is 17.5 Å². The molecule has 0 N–H and O–H groups in total. The number of hydrogen-bond donors (Lipinski definition) is 0. The number of rotatable bonds is 3. The Labute approximate surface area is 150 Å². The summed E-state index contributed by atoms with van der Waals surface area (Å²) in [6, 6.07) is 9.32. The minimum Gasteiger partial charge on any atom is -0.488 e. The van der Waals surface area contributed by atoms with Gasteiger partial charge >= 0.3 is 5.97 Å². The minimum absolute atomic E-state index is 0.176. The summed E-state index contributed by atoms with van der Waals surface area (Å²) in [7, 11) is 0. The fourth-order valence-corrected chi connectivity index (χ4v) is 3.55. The molecule has 2 aromatic rings. The first-order valence-electron chi connectivity index (χ1n) is 8.65. The number of esters is 1. The van der Waals surface area contributed by atoms with Gasteiger partial charge in [0.2, 0.25) is 0 Å². The lowest BCUT2D eigenvalue weighted by atomic mass is 9.86. The standard InChI is InChI=1S/C21H18O5/c1-12(22)25-11-20(24)14-5-6-16-15(7-14)10-26-21-9-17-13(8-18(16)21)3-2-4-19(17)23/h5-9H,2-4,10-11H2,1H3. The molecule has 132 valence electrons. The van der Waals surface area contributed by atoms with Gasteiger partial charge in [0.05, 0.1) is 0 Å². The summed E-state index contributed by atoms with van der Waals surface area (Å²) in [4.78, 5) is 35.1. The first-order valence-corrected chi connectivity index (χ1v) is 8.65. The highest BCUT2D eigenvalue weighted by molar-refractivity contribution is 6.01. The molecule has 0 spiro atoms. The second-order valence-electron chi connectivity index (χ2n) is 6.65. The van der Waals surface area contributed by atoms with Gasteiger partial charge in [0.1, 0.15) is 12.4 Å². The van der Waals surface area contributed by atoms with Crippen molar-refractivity contribution < 1.29 is 23.9 Å². The van der Waals surface area contributed by atoms with Crippen LogP contribution in [-0.2, 0) is 22.6 Å². The Bertz CT molecular complexity index is 942. The highest BCUT2D eigenvalue weighted by Gasteiger charge is 2.25. The Kier molecular flexibility index (Phi) is 4.07. The van der Waals surface area contributed by atoms with Crippen molar-refractivity contribution in [3.8, 4) is 16.9 Å². The monoisotopic (exact) mass is 350 g/mol. The third-order valence-electron chi connectivity index (χ3n) is 4.86. The number of carbonyl (C=O) groups excluding carboxylic acids is 3. The second kappa shape index (κ2) is 6.41. The van der Waals surface area contributed by atoms with Crippen LogP contribution in [-0.4, -0.2) is 24.1 Å². The Morgan fingerprint density at radius 1 is 1.04 bits per heavy atom. The van der Waals surface area contributed by atoms with E-state index in [4.69, 9.17) is 9.47 Å². The molecule has 0 bridgehead atoms. The van der Waals surface area contributed by atoms with Crippen LogP contribution < -0.4 is 4.74 Å². The van der Waals surface area contributed by atoms with Gasteiger partial charge < -0.3 is 9.47 Å². The van der Waals surface area contributed by atoms with Crippen LogP contribution in [0, 0.1) is 0 Å². The maximum absolute atomic E-state index is 12.2. The Morgan fingerprint density at radius 3 is 2.69 bits per heavy atom. The molecule has 0 aromatic heterocycles. The maximum Gasteiger partial charge on any atom is 0.303 e. The molecule has 26 heavy (non-hydrogen) atoms. The van der Waals surface area contributed by atoms with E-state index < -0.39 is 5.97 Å². The van der Waals surface area contributed by atoms with Crippen LogP contribution in [0.25, 0.3) is 11.1 Å². The van der Waals surface area contributed by atoms with E-state index in [1.807, 2.05) is 18.2 Å². The molecule has 2 aliphatic rings. The molecule has 1 heterocycles. The zero-order chi connectivity index (χ0) is 18.3. The van der Waals surface area contributed by atoms with Crippen molar-refractivity contribution in [3.05, 3.63) is 52.6 Å². The zero-order valence-electron chi connectivity index (χ0n) is 14.5. The normalized spacial score (nSPS) is 14.6. The fourth-order valence-electron chi connectivity index (χ4n) is 3.55. The van der Waals surface area contributed by atoms with Gasteiger partial charge in [0, 0.05) is 30.0 Å². The van der Waals surface area contributed by atoms with Gasteiger partial charge in [-0.05, 0) is 47.7 Å². The molecule has 1 aliphatic carbocycles. The van der Waals surface area contributed by atoms with Crippen LogP contribution in [0.4, 0.5) is 0 Å². The van der Waals surface area contributed by atoms with E-state index in [-0.39, 0.29) is 18.2 Å². The van der Waals surface area contributed by atoms with Gasteiger partial charge in [-0.25, -0.2) is 0 Å². The van der Waals surface area contributed by atoms with Crippen LogP contribution in [0.3, 0.4) is 0 Å². The second-order valence-corrected chi connectivity index (χ2v) is 6.65. The first kappa shape index (κ1) is 16.5. The molecular weight excluding hydrogens is 332 g/mol. The van der Waals surface area contributed by atoms with Gasteiger partial charge in [-0.1, -0.05) is 12.1 Å². The third-order valence-corrected chi connectivity index (χ3v) is 4.86. The minimum atomic E-state index is -0.479. The van der Waals surface area contributed by atoms with Crippen LogP contribution in [0.2, 0.25) is 0 Å². The highest BCUT2D eigenvalue weighted by atomic mass is 16.5. The largest absolute Gasteiger partial charge is 0.488 e. The Morgan fingerprint density at radius 2 is 1.88 bits per heavy atom. The molecule has 4 rings (SSSR count). The molecule has 0 radical (unpaired) electrons. The Hall–Kier alpha value is -2.95. The van der Waals surface area contributed by atoms with E-state index in [1.54, 1.807) is 12.1 Å². The highest BCUT2D eigenvalue weighted by Crippen LogP contribution is 2.41. The van der Waals surface area contributed by atoms with Crippen LogP contribution in [0.15, 0.2) is 30.3 Å². The third kappa shape index (κ3) is 2.90. The number of benzene rings is 2. The predicted octanol–water partition coefficient (Wildman–Crippen LogP) is 3.51. The van der Waals surface area contributed by atoms with E-state index >= 15 is 0 Å². The van der Waals surface area contributed by atoms with Crippen molar-refractivity contribution in [1.82, 2.24) is 0 Å². The molecule has 0 saturated heterocycles. The molecule has 1 aliphatic heterocycles. The summed E-state index contributed by atoms with van der Waals surface area (Å²) in [5.74, 6) is 0.165. The van der Waals surface area contributed by atoms with Crippen LogP contribution >= 0.6 is 0 Å². The smallest absolute Gasteiger partial charge is 0.303 e. The van der Waals surface area contributed by atoms with Crippen molar-refractivity contribution in [1.29, 1.82) is 0 Å². The first-order chi connectivity index (χ1) is 12.5. The molecule has 0 fully saturated rings. The average Bonchev–Trinajstić information content (AvgIpc) is 2.64. The van der Waals surface area contributed by atoms with Gasteiger partial charge in [0.15, 0.2) is 18.2 Å². The summed E-state index contributed by atoms with van der Waals surface area (Å²) in [5.41, 5.74) is 5.20. The zero-order valence-corrected chi connectivity index (χ0v) is 14.5. The molecule has 0 amide bonds. The fraction of sp³-hybridized carbons (Fsp3) is 0.286. The molecule has 5 heteroatoms. The number of ketones is 2. The van der Waals surface area contributed by atoms with Crippen LogP contribution in [0.5, 0.6) is 5.75 Å². The van der Waals surface area contributed by atoms with Crippen LogP contribution in [0.1, 0.15) is 51.6 Å². The lowest BCUT2D eigenvalue weighted by Gasteiger charge is -2.25. The summed E-state index contributed by atoms with van der Waals surface area (Å²) in [5, 5.41) is 0. The number of ether oxygens (including phenoxy) is 2. The number of carbonyl (C=O) groups is 3. The van der Waals surface area contributed by atoms with Gasteiger partial charge in [-0.2, -0.15) is 0 Å². The average molecular weight is 350 g/mol. The van der Waals surface area contributed by atoms with Gasteiger partial charge in [-0.15, -0.1) is 0 Å². The molecule has 2 aromatic carbocycles. The molecule has 0 unspecified atom stereocenters. The predicted molar refractivity (Wildman–Crippen MR) is 94.4 cm³/mol. The lowest BCUT2D eigenvalue weighted by molar-refractivity contribution is -0.139. The van der Waals surface area contributed by atoms with E-state index in [0.29, 0.717) is 24.3 Å². The van der Waals surface area contributed by atoms with E-state index in [2.05, 4.69) is 0 Å². The summed E-state index contributed by atoms with van der Waals surface area (Å²) in [6.07, 6.45) is 2.36. The molecule has 5 nitrogen and oxygen atoms in total. The van der Waals surface area contributed by atoms with Gasteiger partial charge in [0.25, 0.3) is 0 Å². The SMILES string of the molecule is CC(=O)OCC(=O)c1ccc2c(c1)COc1cc3c(cc1-2)CCCC3=O. The summed E-state index contributed by atoms with van der Waals surface area (Å²) < 4.78 is 10.6. The summed E-state index contributed by atoms with van der Waals surface area (Å²) >= 11 is 0. The van der Waals surface area contributed by atoms with Gasteiger partial charge in [-0.3, -0.25) is 14.4 Å². The van der Waals surface area contributed by atoms with E-state index in [1.165, 1.54) is 6.92 Å². The van der Waals surface area contributed by atoms with Crippen molar-refractivity contribution in [2.75, 3.05) is 6.61 Å². The maximum atomic E-state index is 12.2. The number of fused-ring (bicyclic) bond motifs is 4. The molecule has 0 atom stereocenters. The topological polar surface area (TPSA) is 69.7 Å². The van der Waals surface area contributed by atoms with Crippen molar-refractivity contribution in [2.24, 2.45) is 0 Å². The lowest BCUT2D eigenvalue weighted by Crippen LogP contribution is -2.15. The number of hydrogen-bond acceptors (Lipinski definition) is 5. The Balaban J connectivity index is 1.69. The van der Waals surface area contributed by atoms with E-state index in [0.717, 1.165) is 40.7 Å². The van der Waals surface area contributed by atoms with Crippen molar-refractivity contribution in [2.45, 2.75) is 32.8 Å². The number of aryl methyl sites for hydroxylation is 1. The van der Waals surface area contributed by atoms with Crippen molar-refractivity contribution in [3.63, 3.8) is 0 Å².